The molecule has 3 rings (SSSR count). The second-order valence-electron chi connectivity index (χ2n) is 6.05. The average molecular weight is 441 g/mol. The molecule has 2 N–H and O–H groups in total. The Kier molecular flexibility index (Phi) is 6.32. The molecule has 1 saturated heterocycles. The van der Waals surface area contributed by atoms with Crippen LogP contribution >= 0.6 is 27.5 Å². The molecule has 138 valence electrons. The first-order chi connectivity index (χ1) is 12.6. The quantitative estimate of drug-likeness (QED) is 0.564. The third-order valence-corrected chi connectivity index (χ3v) is 5.10. The van der Waals surface area contributed by atoms with Crippen molar-refractivity contribution in [3.63, 3.8) is 0 Å². The van der Waals surface area contributed by atoms with Gasteiger partial charge in [0.25, 0.3) is 0 Å². The topological polar surface area (TPSA) is 52.6 Å². The van der Waals surface area contributed by atoms with Gasteiger partial charge in [-0.25, -0.2) is 9.37 Å². The number of pyridine rings is 1. The number of aliphatic imine (C=N–C) groups is 1. The molecular weight excluding hydrogens is 421 g/mol. The van der Waals surface area contributed by atoms with E-state index in [0.717, 1.165) is 23.0 Å². The van der Waals surface area contributed by atoms with E-state index in [4.69, 9.17) is 11.6 Å². The van der Waals surface area contributed by atoms with Crippen LogP contribution in [0.4, 0.5) is 10.2 Å². The maximum Gasteiger partial charge on any atom is 0.191 e. The number of nitrogens with zero attached hydrogens (tertiary/aromatic N) is 3. The van der Waals surface area contributed by atoms with E-state index in [0.29, 0.717) is 29.9 Å². The highest BCUT2D eigenvalue weighted by atomic mass is 79.9. The third-order valence-electron chi connectivity index (χ3n) is 4.25. The molecule has 5 nitrogen and oxygen atoms in total. The van der Waals surface area contributed by atoms with Gasteiger partial charge in [-0.1, -0.05) is 33.6 Å². The first-order valence-electron chi connectivity index (χ1n) is 8.33. The summed E-state index contributed by atoms with van der Waals surface area (Å²) in [5.74, 6) is 0.805. The Labute approximate surface area is 165 Å². The van der Waals surface area contributed by atoms with Gasteiger partial charge in [0, 0.05) is 48.4 Å². The number of halogens is 3. The largest absolute Gasteiger partial charge is 0.352 e. The molecule has 1 aromatic carbocycles. The molecule has 2 heterocycles. The summed E-state index contributed by atoms with van der Waals surface area (Å²) >= 11 is 9.65. The lowest BCUT2D eigenvalue weighted by atomic mass is 10.2. The second kappa shape index (κ2) is 8.68. The van der Waals surface area contributed by atoms with Crippen LogP contribution in [0.3, 0.4) is 0 Å². The predicted molar refractivity (Wildman–Crippen MR) is 107 cm³/mol. The molecule has 1 fully saturated rings. The SMILES string of the molecule is CN=C(NCc1ccc(Br)cc1Cl)NC1CCN(c2ncccc2F)C1. The molecule has 26 heavy (non-hydrogen) atoms. The molecule has 1 aliphatic heterocycles. The van der Waals surface area contributed by atoms with Crippen molar-refractivity contribution in [2.24, 2.45) is 4.99 Å². The normalized spacial score (nSPS) is 17.5. The van der Waals surface area contributed by atoms with Gasteiger partial charge in [0.05, 0.1) is 0 Å². The van der Waals surface area contributed by atoms with Crippen molar-refractivity contribution in [3.05, 3.63) is 57.4 Å². The minimum absolute atomic E-state index is 0.169. The van der Waals surface area contributed by atoms with Crippen LogP contribution in [-0.2, 0) is 6.54 Å². The summed E-state index contributed by atoms with van der Waals surface area (Å²) in [7, 11) is 1.73. The lowest BCUT2D eigenvalue weighted by Crippen LogP contribution is -2.44. The summed E-state index contributed by atoms with van der Waals surface area (Å²) < 4.78 is 14.8. The molecule has 1 atom stereocenters. The van der Waals surface area contributed by atoms with Crippen molar-refractivity contribution in [2.75, 3.05) is 25.0 Å². The summed E-state index contributed by atoms with van der Waals surface area (Å²) in [6, 6.07) is 8.99. The Morgan fingerprint density at radius 2 is 2.31 bits per heavy atom. The Morgan fingerprint density at radius 3 is 3.04 bits per heavy atom. The van der Waals surface area contributed by atoms with Crippen LogP contribution in [0.15, 0.2) is 46.0 Å². The second-order valence-corrected chi connectivity index (χ2v) is 7.37. The van der Waals surface area contributed by atoms with Crippen molar-refractivity contribution in [1.82, 2.24) is 15.6 Å². The highest BCUT2D eigenvalue weighted by Gasteiger charge is 2.25. The molecule has 0 spiro atoms. The molecular formula is C18H20BrClFN5. The van der Waals surface area contributed by atoms with Crippen LogP contribution < -0.4 is 15.5 Å². The zero-order chi connectivity index (χ0) is 18.5. The van der Waals surface area contributed by atoms with Crippen molar-refractivity contribution in [2.45, 2.75) is 19.0 Å². The molecule has 8 heteroatoms. The van der Waals surface area contributed by atoms with Crippen LogP contribution in [0, 0.1) is 5.82 Å². The molecule has 0 saturated carbocycles. The van der Waals surface area contributed by atoms with Crippen molar-refractivity contribution < 1.29 is 4.39 Å². The zero-order valence-corrected chi connectivity index (χ0v) is 16.7. The fourth-order valence-corrected chi connectivity index (χ4v) is 3.65. The molecule has 2 aromatic rings. The summed E-state index contributed by atoms with van der Waals surface area (Å²) in [5.41, 5.74) is 0.987. The summed E-state index contributed by atoms with van der Waals surface area (Å²) in [5, 5.41) is 7.34. The number of benzene rings is 1. The first-order valence-corrected chi connectivity index (χ1v) is 9.50. The molecule has 0 bridgehead atoms. The van der Waals surface area contributed by atoms with E-state index in [-0.39, 0.29) is 11.9 Å². The molecule has 1 aromatic heterocycles. The van der Waals surface area contributed by atoms with E-state index in [1.54, 1.807) is 19.3 Å². The van der Waals surface area contributed by atoms with Crippen molar-refractivity contribution in [1.29, 1.82) is 0 Å². The smallest absolute Gasteiger partial charge is 0.191 e. The fraction of sp³-hybridized carbons (Fsp3) is 0.333. The van der Waals surface area contributed by atoms with Crippen LogP contribution in [0.25, 0.3) is 0 Å². The number of hydrogen-bond donors (Lipinski definition) is 2. The number of anilines is 1. The van der Waals surface area contributed by atoms with E-state index in [1.807, 2.05) is 23.1 Å². The molecule has 0 amide bonds. The van der Waals surface area contributed by atoms with Gasteiger partial charge < -0.3 is 15.5 Å². The Morgan fingerprint density at radius 1 is 1.46 bits per heavy atom. The number of rotatable bonds is 4. The van der Waals surface area contributed by atoms with E-state index < -0.39 is 0 Å². The number of guanidine groups is 1. The zero-order valence-electron chi connectivity index (χ0n) is 14.3. The maximum absolute atomic E-state index is 13.9. The summed E-state index contributed by atoms with van der Waals surface area (Å²) in [4.78, 5) is 10.4. The Hall–Kier alpha value is -1.86. The van der Waals surface area contributed by atoms with Gasteiger partial charge in [0.15, 0.2) is 17.6 Å². The molecule has 0 aliphatic carbocycles. The van der Waals surface area contributed by atoms with Crippen LogP contribution in [0.1, 0.15) is 12.0 Å². The Bertz CT molecular complexity index is 801. The van der Waals surface area contributed by atoms with E-state index in [1.165, 1.54) is 6.07 Å². The van der Waals surface area contributed by atoms with Gasteiger partial charge in [-0.2, -0.15) is 0 Å². The van der Waals surface area contributed by atoms with Gasteiger partial charge in [-0.15, -0.1) is 0 Å². The van der Waals surface area contributed by atoms with E-state index in [9.17, 15) is 4.39 Å². The summed E-state index contributed by atoms with van der Waals surface area (Å²) in [6.07, 6.45) is 2.50. The van der Waals surface area contributed by atoms with Gasteiger partial charge in [-0.05, 0) is 36.2 Å². The average Bonchev–Trinajstić information content (AvgIpc) is 3.08. The minimum atomic E-state index is -0.291. The van der Waals surface area contributed by atoms with Gasteiger partial charge in [0.1, 0.15) is 0 Å². The molecule has 1 unspecified atom stereocenters. The highest BCUT2D eigenvalue weighted by molar-refractivity contribution is 9.10. The predicted octanol–water partition coefficient (Wildman–Crippen LogP) is 3.58. The van der Waals surface area contributed by atoms with E-state index >= 15 is 0 Å². The monoisotopic (exact) mass is 439 g/mol. The number of nitrogens with one attached hydrogen (secondary N) is 2. The number of hydrogen-bond acceptors (Lipinski definition) is 3. The van der Waals surface area contributed by atoms with Gasteiger partial charge in [-0.3, -0.25) is 4.99 Å². The molecule has 1 aliphatic rings. The van der Waals surface area contributed by atoms with Crippen LogP contribution in [0.5, 0.6) is 0 Å². The fourth-order valence-electron chi connectivity index (χ4n) is 2.91. The summed E-state index contributed by atoms with van der Waals surface area (Å²) in [6.45, 7) is 1.99. The van der Waals surface area contributed by atoms with Gasteiger partial charge in [0.2, 0.25) is 0 Å². The third kappa shape index (κ3) is 4.65. The molecule has 0 radical (unpaired) electrons. The lowest BCUT2D eigenvalue weighted by Gasteiger charge is -2.20. The van der Waals surface area contributed by atoms with Crippen molar-refractivity contribution >= 4 is 39.3 Å². The number of aromatic nitrogens is 1. The first kappa shape index (κ1) is 18.9. The van der Waals surface area contributed by atoms with Crippen LogP contribution in [-0.4, -0.2) is 37.1 Å². The highest BCUT2D eigenvalue weighted by Crippen LogP contribution is 2.22. The lowest BCUT2D eigenvalue weighted by molar-refractivity contribution is 0.612. The Balaban J connectivity index is 1.55. The standard InChI is InChI=1S/C18H20BrClFN5/c1-22-18(24-10-12-4-5-13(19)9-15(12)20)25-14-6-8-26(11-14)17-16(21)3-2-7-23-17/h2-5,7,9,14H,6,8,10-11H2,1H3,(H2,22,24,25). The van der Waals surface area contributed by atoms with Crippen LogP contribution in [0.2, 0.25) is 5.02 Å². The van der Waals surface area contributed by atoms with E-state index in [2.05, 4.69) is 36.5 Å². The maximum atomic E-state index is 13.9. The van der Waals surface area contributed by atoms with Crippen molar-refractivity contribution in [3.8, 4) is 0 Å². The minimum Gasteiger partial charge on any atom is -0.352 e. The van der Waals surface area contributed by atoms with Gasteiger partial charge >= 0.3 is 0 Å².